The van der Waals surface area contributed by atoms with Crippen molar-refractivity contribution in [2.24, 2.45) is 5.92 Å². The minimum atomic E-state index is -0.483. The molecular formula is C21H20F2N2O. The highest BCUT2D eigenvalue weighted by atomic mass is 19.1. The molecular weight excluding hydrogens is 334 g/mol. The zero-order valence-electron chi connectivity index (χ0n) is 14.3. The van der Waals surface area contributed by atoms with Gasteiger partial charge >= 0.3 is 0 Å². The Hall–Kier alpha value is -2.53. The van der Waals surface area contributed by atoms with Crippen molar-refractivity contribution in [2.75, 3.05) is 19.6 Å². The molecule has 0 spiro atoms. The van der Waals surface area contributed by atoms with Gasteiger partial charge < -0.3 is 10.2 Å². The topological polar surface area (TPSA) is 32.3 Å². The first-order valence-corrected chi connectivity index (χ1v) is 8.86. The van der Waals surface area contributed by atoms with Crippen LogP contribution in [0.1, 0.15) is 23.6 Å². The molecule has 134 valence electrons. The molecule has 1 N–H and O–H groups in total. The molecule has 4 rings (SSSR count). The Morgan fingerprint density at radius 1 is 1.12 bits per heavy atom. The molecule has 2 aromatic rings. The van der Waals surface area contributed by atoms with Crippen LogP contribution >= 0.6 is 0 Å². The quantitative estimate of drug-likeness (QED) is 0.914. The van der Waals surface area contributed by atoms with Crippen molar-refractivity contribution in [1.29, 1.82) is 0 Å². The first-order chi connectivity index (χ1) is 12.6. The lowest BCUT2D eigenvalue weighted by Crippen LogP contribution is -2.37. The molecule has 26 heavy (non-hydrogen) atoms. The zero-order valence-corrected chi connectivity index (χ0v) is 14.3. The largest absolute Gasteiger partial charge is 0.328 e. The normalized spacial score (nSPS) is 22.5. The van der Waals surface area contributed by atoms with E-state index in [9.17, 15) is 13.6 Å². The Balaban J connectivity index is 1.71. The second-order valence-corrected chi connectivity index (χ2v) is 6.83. The van der Waals surface area contributed by atoms with Gasteiger partial charge in [0.15, 0.2) is 0 Å². The van der Waals surface area contributed by atoms with E-state index in [0.717, 1.165) is 30.7 Å². The maximum atomic E-state index is 14.3. The summed E-state index contributed by atoms with van der Waals surface area (Å²) >= 11 is 0. The third-order valence-corrected chi connectivity index (χ3v) is 5.14. The van der Waals surface area contributed by atoms with Gasteiger partial charge in [-0.05, 0) is 42.3 Å². The first-order valence-electron chi connectivity index (χ1n) is 8.86. The number of amides is 1. The van der Waals surface area contributed by atoms with E-state index in [1.54, 1.807) is 4.90 Å². The summed E-state index contributed by atoms with van der Waals surface area (Å²) in [6.07, 6.45) is 2.69. The molecule has 0 aromatic heterocycles. The van der Waals surface area contributed by atoms with E-state index in [2.05, 4.69) is 5.32 Å². The van der Waals surface area contributed by atoms with Crippen LogP contribution in [0.25, 0.3) is 5.57 Å². The number of benzene rings is 2. The van der Waals surface area contributed by atoms with Gasteiger partial charge in [-0.2, -0.15) is 0 Å². The number of hydrogen-bond acceptors (Lipinski definition) is 2. The van der Waals surface area contributed by atoms with Crippen LogP contribution in [0.15, 0.2) is 54.6 Å². The van der Waals surface area contributed by atoms with Crippen molar-refractivity contribution >= 4 is 11.5 Å². The molecule has 0 aliphatic carbocycles. The van der Waals surface area contributed by atoms with Gasteiger partial charge in [-0.3, -0.25) is 4.79 Å². The Morgan fingerprint density at radius 2 is 1.92 bits per heavy atom. The number of halogens is 2. The van der Waals surface area contributed by atoms with Gasteiger partial charge in [0.25, 0.3) is 0 Å². The Morgan fingerprint density at radius 3 is 2.65 bits per heavy atom. The predicted molar refractivity (Wildman–Crippen MR) is 96.2 cm³/mol. The molecule has 0 radical (unpaired) electrons. The smallest absolute Gasteiger partial charge is 0.228 e. The maximum absolute atomic E-state index is 14.3. The molecule has 2 heterocycles. The van der Waals surface area contributed by atoms with Crippen LogP contribution < -0.4 is 5.32 Å². The summed E-state index contributed by atoms with van der Waals surface area (Å²) in [4.78, 5) is 14.8. The van der Waals surface area contributed by atoms with Gasteiger partial charge in [0.05, 0.1) is 12.0 Å². The van der Waals surface area contributed by atoms with E-state index < -0.39 is 11.6 Å². The SMILES string of the molecule is O=C(C1CCNC1)N1CC(c2cc(F)ccc2F)=CC1c1ccccc1. The summed E-state index contributed by atoms with van der Waals surface area (Å²) in [5.74, 6) is -0.956. The summed E-state index contributed by atoms with van der Waals surface area (Å²) in [7, 11) is 0. The average Bonchev–Trinajstić information content (AvgIpc) is 3.34. The van der Waals surface area contributed by atoms with E-state index in [1.807, 2.05) is 36.4 Å². The molecule has 0 bridgehead atoms. The van der Waals surface area contributed by atoms with Crippen LogP contribution in [0, 0.1) is 17.6 Å². The van der Waals surface area contributed by atoms with Crippen LogP contribution in [0.5, 0.6) is 0 Å². The lowest BCUT2D eigenvalue weighted by Gasteiger charge is -2.27. The lowest BCUT2D eigenvalue weighted by molar-refractivity contribution is -0.135. The fourth-order valence-corrected chi connectivity index (χ4v) is 3.77. The number of nitrogens with zero attached hydrogens (tertiary/aromatic N) is 1. The van der Waals surface area contributed by atoms with Gasteiger partial charge in [-0.15, -0.1) is 0 Å². The average molecular weight is 354 g/mol. The lowest BCUT2D eigenvalue weighted by atomic mass is 10.0. The minimum absolute atomic E-state index is 0.0620. The fourth-order valence-electron chi connectivity index (χ4n) is 3.77. The second-order valence-electron chi connectivity index (χ2n) is 6.83. The molecule has 1 saturated heterocycles. The fraction of sp³-hybridized carbons (Fsp3) is 0.286. The van der Waals surface area contributed by atoms with Crippen molar-refractivity contribution in [2.45, 2.75) is 12.5 Å². The van der Waals surface area contributed by atoms with E-state index in [4.69, 9.17) is 0 Å². The molecule has 1 fully saturated rings. The third kappa shape index (κ3) is 3.15. The number of rotatable bonds is 3. The highest BCUT2D eigenvalue weighted by Gasteiger charge is 2.36. The third-order valence-electron chi connectivity index (χ3n) is 5.14. The number of nitrogens with one attached hydrogen (secondary N) is 1. The van der Waals surface area contributed by atoms with Crippen LogP contribution in [-0.4, -0.2) is 30.4 Å². The molecule has 2 unspecified atom stereocenters. The van der Waals surface area contributed by atoms with Gasteiger partial charge in [0, 0.05) is 18.7 Å². The summed E-state index contributed by atoms with van der Waals surface area (Å²) in [5.41, 5.74) is 1.85. The molecule has 2 aromatic carbocycles. The maximum Gasteiger partial charge on any atom is 0.228 e. The standard InChI is InChI=1S/C21H20F2N2O/c22-17-6-7-19(23)18(11-17)16-10-20(14-4-2-1-3-5-14)25(13-16)21(26)15-8-9-24-12-15/h1-7,10-11,15,20,24H,8-9,12-13H2. The molecule has 2 atom stereocenters. The summed E-state index contributed by atoms with van der Waals surface area (Å²) < 4.78 is 27.9. The summed E-state index contributed by atoms with van der Waals surface area (Å²) in [6.45, 7) is 1.79. The van der Waals surface area contributed by atoms with Crippen molar-refractivity contribution < 1.29 is 13.6 Å². The van der Waals surface area contributed by atoms with Crippen LogP contribution in [-0.2, 0) is 4.79 Å². The molecule has 5 heteroatoms. The van der Waals surface area contributed by atoms with Crippen LogP contribution in [0.4, 0.5) is 8.78 Å². The Labute approximate surface area is 151 Å². The minimum Gasteiger partial charge on any atom is -0.328 e. The highest BCUT2D eigenvalue weighted by molar-refractivity contribution is 5.85. The van der Waals surface area contributed by atoms with Gasteiger partial charge in [-0.1, -0.05) is 36.4 Å². The number of hydrogen-bond donors (Lipinski definition) is 1. The number of carbonyl (C=O) groups is 1. The number of carbonyl (C=O) groups excluding carboxylic acids is 1. The van der Waals surface area contributed by atoms with Crippen molar-refractivity contribution in [3.05, 3.63) is 77.4 Å². The van der Waals surface area contributed by atoms with Crippen molar-refractivity contribution in [1.82, 2.24) is 10.2 Å². The predicted octanol–water partition coefficient (Wildman–Crippen LogP) is 3.54. The molecule has 0 saturated carbocycles. The summed E-state index contributed by atoms with van der Waals surface area (Å²) in [6, 6.07) is 12.9. The monoisotopic (exact) mass is 354 g/mol. The van der Waals surface area contributed by atoms with E-state index in [0.29, 0.717) is 12.1 Å². The Kier molecular flexibility index (Phi) is 4.55. The van der Waals surface area contributed by atoms with E-state index >= 15 is 0 Å². The van der Waals surface area contributed by atoms with Crippen LogP contribution in [0.3, 0.4) is 0 Å². The van der Waals surface area contributed by atoms with Crippen molar-refractivity contribution in [3.63, 3.8) is 0 Å². The Bertz CT molecular complexity index is 844. The van der Waals surface area contributed by atoms with Gasteiger partial charge in [0.2, 0.25) is 5.91 Å². The zero-order chi connectivity index (χ0) is 18.1. The first kappa shape index (κ1) is 16.9. The second kappa shape index (κ2) is 7.00. The van der Waals surface area contributed by atoms with Crippen molar-refractivity contribution in [3.8, 4) is 0 Å². The van der Waals surface area contributed by atoms with E-state index in [-0.39, 0.29) is 30.0 Å². The van der Waals surface area contributed by atoms with Gasteiger partial charge in [0.1, 0.15) is 11.6 Å². The molecule has 2 aliphatic heterocycles. The van der Waals surface area contributed by atoms with E-state index in [1.165, 1.54) is 6.07 Å². The molecule has 3 nitrogen and oxygen atoms in total. The van der Waals surface area contributed by atoms with Gasteiger partial charge in [-0.25, -0.2) is 8.78 Å². The van der Waals surface area contributed by atoms with Crippen LogP contribution in [0.2, 0.25) is 0 Å². The summed E-state index contributed by atoms with van der Waals surface area (Å²) in [5, 5.41) is 3.22. The highest BCUT2D eigenvalue weighted by Crippen LogP contribution is 2.37. The molecule has 1 amide bonds. The molecule has 2 aliphatic rings.